The summed E-state index contributed by atoms with van der Waals surface area (Å²) in [6.45, 7) is 5.78. The number of alkyl halides is 3. The Labute approximate surface area is 109 Å². The lowest BCUT2D eigenvalue weighted by molar-refractivity contribution is -0.141. The van der Waals surface area contributed by atoms with Crippen LogP contribution < -0.4 is 10.6 Å². The normalized spacial score (nSPS) is 12.3. The van der Waals surface area contributed by atoms with Gasteiger partial charge in [0, 0.05) is 5.54 Å². The van der Waals surface area contributed by atoms with Crippen molar-refractivity contribution >= 4 is 11.6 Å². The van der Waals surface area contributed by atoms with E-state index in [9.17, 15) is 18.0 Å². The van der Waals surface area contributed by atoms with Crippen molar-refractivity contribution in [3.05, 3.63) is 24.0 Å². The smallest absolute Gasteiger partial charge is 0.324 e. The molecule has 0 unspecified atom stereocenters. The number of nitrogens with zero attached hydrogens (tertiary/aromatic N) is 1. The zero-order chi connectivity index (χ0) is 14.7. The molecular weight excluding hydrogens is 259 g/mol. The van der Waals surface area contributed by atoms with E-state index in [1.54, 1.807) is 0 Å². The molecule has 0 aromatic carbocycles. The molecule has 1 rings (SSSR count). The van der Waals surface area contributed by atoms with E-state index in [-0.39, 0.29) is 23.7 Å². The Hall–Kier alpha value is -1.63. The van der Waals surface area contributed by atoms with Crippen molar-refractivity contribution in [2.75, 3.05) is 11.9 Å². The first-order valence-electron chi connectivity index (χ1n) is 5.66. The lowest BCUT2D eigenvalue weighted by atomic mass is 10.1. The maximum atomic E-state index is 12.3. The second-order valence-electron chi connectivity index (χ2n) is 5.08. The number of aromatic nitrogens is 1. The number of rotatable bonds is 3. The molecule has 19 heavy (non-hydrogen) atoms. The monoisotopic (exact) mass is 275 g/mol. The van der Waals surface area contributed by atoms with Crippen LogP contribution in [-0.4, -0.2) is 23.0 Å². The molecule has 0 fully saturated rings. The van der Waals surface area contributed by atoms with Crippen molar-refractivity contribution in [2.24, 2.45) is 0 Å². The van der Waals surface area contributed by atoms with E-state index < -0.39 is 11.9 Å². The molecule has 1 aromatic heterocycles. The van der Waals surface area contributed by atoms with Crippen molar-refractivity contribution in [1.29, 1.82) is 0 Å². The van der Waals surface area contributed by atoms with Crippen LogP contribution in [-0.2, 0) is 11.0 Å². The van der Waals surface area contributed by atoms with Crippen molar-refractivity contribution in [1.82, 2.24) is 10.3 Å². The quantitative estimate of drug-likeness (QED) is 0.890. The lowest BCUT2D eigenvalue weighted by Gasteiger charge is -2.20. The van der Waals surface area contributed by atoms with Crippen LogP contribution in [0.4, 0.5) is 18.9 Å². The molecular formula is C12H16F3N3O. The third kappa shape index (κ3) is 5.69. The van der Waals surface area contributed by atoms with Gasteiger partial charge in [0.1, 0.15) is 5.69 Å². The molecule has 0 aliphatic heterocycles. The van der Waals surface area contributed by atoms with Gasteiger partial charge in [-0.25, -0.2) is 4.98 Å². The highest BCUT2D eigenvalue weighted by Crippen LogP contribution is 2.27. The van der Waals surface area contributed by atoms with Gasteiger partial charge in [-0.1, -0.05) is 0 Å². The maximum Gasteiger partial charge on any atom is 0.433 e. The van der Waals surface area contributed by atoms with Gasteiger partial charge in [-0.2, -0.15) is 13.2 Å². The molecule has 0 radical (unpaired) electrons. The highest BCUT2D eigenvalue weighted by molar-refractivity contribution is 5.92. The molecule has 0 atom stereocenters. The molecule has 0 saturated carbocycles. The van der Waals surface area contributed by atoms with Gasteiger partial charge < -0.3 is 10.6 Å². The van der Waals surface area contributed by atoms with Crippen LogP contribution in [0.15, 0.2) is 18.3 Å². The minimum Gasteiger partial charge on any atom is -0.324 e. The van der Waals surface area contributed by atoms with Gasteiger partial charge >= 0.3 is 6.18 Å². The first-order valence-corrected chi connectivity index (χ1v) is 5.66. The summed E-state index contributed by atoms with van der Waals surface area (Å²) in [5.74, 6) is -0.337. The van der Waals surface area contributed by atoms with E-state index in [1.165, 1.54) is 6.07 Å². The first-order chi connectivity index (χ1) is 8.58. The average Bonchev–Trinajstić information content (AvgIpc) is 2.25. The van der Waals surface area contributed by atoms with E-state index >= 15 is 0 Å². The van der Waals surface area contributed by atoms with Crippen molar-refractivity contribution < 1.29 is 18.0 Å². The van der Waals surface area contributed by atoms with Gasteiger partial charge in [-0.15, -0.1) is 0 Å². The standard InChI is InChI=1S/C12H16F3N3O/c1-11(2,3)17-7-10(19)18-8-4-5-9(16-6-8)12(13,14)15/h4-6,17H,7H2,1-3H3,(H,18,19). The van der Waals surface area contributed by atoms with Gasteiger partial charge in [0.05, 0.1) is 18.4 Å². The minimum atomic E-state index is -4.48. The van der Waals surface area contributed by atoms with Crippen LogP contribution in [0, 0.1) is 0 Å². The summed E-state index contributed by atoms with van der Waals surface area (Å²) in [6.07, 6.45) is -3.49. The summed E-state index contributed by atoms with van der Waals surface area (Å²) in [5.41, 5.74) is -0.970. The van der Waals surface area contributed by atoms with E-state index in [0.29, 0.717) is 0 Å². The first kappa shape index (κ1) is 15.4. The maximum absolute atomic E-state index is 12.3. The van der Waals surface area contributed by atoms with Crippen LogP contribution in [0.2, 0.25) is 0 Å². The number of halogens is 3. The Kier molecular flexibility index (Phi) is 4.52. The average molecular weight is 275 g/mol. The number of anilines is 1. The Morgan fingerprint density at radius 3 is 2.32 bits per heavy atom. The number of hydrogen-bond donors (Lipinski definition) is 2. The van der Waals surface area contributed by atoms with Gasteiger partial charge in [-0.3, -0.25) is 4.79 Å². The van der Waals surface area contributed by atoms with Gasteiger partial charge in [-0.05, 0) is 32.9 Å². The van der Waals surface area contributed by atoms with E-state index in [2.05, 4.69) is 15.6 Å². The SMILES string of the molecule is CC(C)(C)NCC(=O)Nc1ccc(C(F)(F)F)nc1. The molecule has 0 bridgehead atoms. The van der Waals surface area contributed by atoms with Gasteiger partial charge in [0.15, 0.2) is 0 Å². The summed E-state index contributed by atoms with van der Waals surface area (Å²) >= 11 is 0. The van der Waals surface area contributed by atoms with E-state index in [4.69, 9.17) is 0 Å². The summed E-state index contributed by atoms with van der Waals surface area (Å²) in [7, 11) is 0. The van der Waals surface area contributed by atoms with Crippen LogP contribution in [0.1, 0.15) is 26.5 Å². The Bertz CT molecular complexity index is 435. The van der Waals surface area contributed by atoms with Gasteiger partial charge in [0.2, 0.25) is 5.91 Å². The van der Waals surface area contributed by atoms with Crippen molar-refractivity contribution in [2.45, 2.75) is 32.5 Å². The zero-order valence-corrected chi connectivity index (χ0v) is 10.9. The molecule has 106 valence electrons. The Morgan fingerprint density at radius 1 is 1.26 bits per heavy atom. The molecule has 0 saturated heterocycles. The minimum absolute atomic E-state index is 0.0739. The fraction of sp³-hybridized carbons (Fsp3) is 0.500. The van der Waals surface area contributed by atoms with Crippen LogP contribution in [0.25, 0.3) is 0 Å². The number of carbonyl (C=O) groups is 1. The molecule has 1 heterocycles. The van der Waals surface area contributed by atoms with Crippen molar-refractivity contribution in [3.8, 4) is 0 Å². The van der Waals surface area contributed by atoms with E-state index in [0.717, 1.165) is 12.3 Å². The summed E-state index contributed by atoms with van der Waals surface area (Å²) < 4.78 is 36.8. The van der Waals surface area contributed by atoms with E-state index in [1.807, 2.05) is 20.8 Å². The molecule has 0 spiro atoms. The topological polar surface area (TPSA) is 54.0 Å². The molecule has 4 nitrogen and oxygen atoms in total. The van der Waals surface area contributed by atoms with Crippen molar-refractivity contribution in [3.63, 3.8) is 0 Å². The highest BCUT2D eigenvalue weighted by atomic mass is 19.4. The highest BCUT2D eigenvalue weighted by Gasteiger charge is 2.32. The fourth-order valence-electron chi connectivity index (χ4n) is 1.19. The zero-order valence-electron chi connectivity index (χ0n) is 10.9. The summed E-state index contributed by atoms with van der Waals surface area (Å²) in [6, 6.07) is 2.00. The fourth-order valence-corrected chi connectivity index (χ4v) is 1.19. The predicted molar refractivity (Wildman–Crippen MR) is 65.6 cm³/mol. The number of nitrogens with one attached hydrogen (secondary N) is 2. The lowest BCUT2D eigenvalue weighted by Crippen LogP contribution is -2.41. The van der Waals surface area contributed by atoms with Crippen LogP contribution in [0.3, 0.4) is 0 Å². The van der Waals surface area contributed by atoms with Crippen LogP contribution >= 0.6 is 0 Å². The summed E-state index contributed by atoms with van der Waals surface area (Å²) in [4.78, 5) is 14.8. The molecule has 0 aliphatic rings. The Balaban J connectivity index is 2.56. The third-order valence-electron chi connectivity index (χ3n) is 2.12. The number of amides is 1. The molecule has 1 amide bonds. The second kappa shape index (κ2) is 5.56. The predicted octanol–water partition coefficient (Wildman–Crippen LogP) is 2.43. The number of carbonyl (C=O) groups excluding carboxylic acids is 1. The van der Waals surface area contributed by atoms with Gasteiger partial charge in [0.25, 0.3) is 0 Å². The second-order valence-corrected chi connectivity index (χ2v) is 5.08. The number of pyridine rings is 1. The number of hydrogen-bond acceptors (Lipinski definition) is 3. The summed E-state index contributed by atoms with van der Waals surface area (Å²) in [5, 5.41) is 5.43. The van der Waals surface area contributed by atoms with Crippen LogP contribution in [0.5, 0.6) is 0 Å². The molecule has 0 aliphatic carbocycles. The molecule has 7 heteroatoms. The molecule has 2 N–H and O–H groups in total. The third-order valence-corrected chi connectivity index (χ3v) is 2.12. The Morgan fingerprint density at radius 2 is 1.89 bits per heavy atom. The molecule has 1 aromatic rings. The largest absolute Gasteiger partial charge is 0.433 e.